The Balaban J connectivity index is 1.69. The second kappa shape index (κ2) is 8.17. The molecule has 0 aromatic heterocycles. The summed E-state index contributed by atoms with van der Waals surface area (Å²) in [5, 5.41) is 10.2. The number of benzene rings is 1. The van der Waals surface area contributed by atoms with Crippen LogP contribution in [0.3, 0.4) is 0 Å². The molecule has 0 saturated carbocycles. The average molecular weight is 318 g/mol. The summed E-state index contributed by atoms with van der Waals surface area (Å²) >= 11 is 0. The molecular weight excluding hydrogens is 296 g/mol. The van der Waals surface area contributed by atoms with Crippen molar-refractivity contribution in [1.82, 2.24) is 10.2 Å². The first kappa shape index (κ1) is 16.8. The fourth-order valence-electron chi connectivity index (χ4n) is 2.51. The summed E-state index contributed by atoms with van der Waals surface area (Å²) in [7, 11) is 0. The number of likely N-dealkylation sites (tertiary alicyclic amines) is 1. The van der Waals surface area contributed by atoms with Gasteiger partial charge in [-0.2, -0.15) is 0 Å². The first-order valence-electron chi connectivity index (χ1n) is 7.64. The molecule has 0 unspecified atom stereocenters. The van der Waals surface area contributed by atoms with Gasteiger partial charge in [-0.05, 0) is 25.0 Å². The van der Waals surface area contributed by atoms with Gasteiger partial charge in [0.1, 0.15) is 18.2 Å². The van der Waals surface area contributed by atoms with Crippen molar-refractivity contribution in [3.05, 3.63) is 29.8 Å². The van der Waals surface area contributed by atoms with Crippen LogP contribution in [0, 0.1) is 11.3 Å². The highest BCUT2D eigenvalue weighted by Crippen LogP contribution is 2.16. The maximum absolute atomic E-state index is 12.0. The van der Waals surface area contributed by atoms with Crippen LogP contribution in [0.5, 0.6) is 5.75 Å². The highest BCUT2D eigenvalue weighted by molar-refractivity contribution is 5.95. The number of hydrogen-bond acceptors (Lipinski definition) is 4. The second-order valence-corrected chi connectivity index (χ2v) is 5.50. The summed E-state index contributed by atoms with van der Waals surface area (Å²) in [5.41, 5.74) is 6.03. The Labute approximate surface area is 135 Å². The van der Waals surface area contributed by atoms with E-state index in [4.69, 9.17) is 15.9 Å². The molecule has 1 aromatic rings. The molecule has 1 aliphatic rings. The molecule has 7 nitrogen and oxygen atoms in total. The van der Waals surface area contributed by atoms with Crippen molar-refractivity contribution in [2.24, 2.45) is 11.7 Å². The fraction of sp³-hybridized carbons (Fsp3) is 0.438. The number of piperidine rings is 1. The predicted molar refractivity (Wildman–Crippen MR) is 86.3 cm³/mol. The lowest BCUT2D eigenvalue weighted by Crippen LogP contribution is -2.40. The van der Waals surface area contributed by atoms with Gasteiger partial charge < -0.3 is 20.7 Å². The first-order chi connectivity index (χ1) is 11.1. The lowest BCUT2D eigenvalue weighted by molar-refractivity contribution is -0.129. The number of nitrogens with zero attached hydrogens (tertiary/aromatic N) is 1. The number of rotatable bonds is 7. The van der Waals surface area contributed by atoms with Crippen LogP contribution < -0.4 is 15.8 Å². The molecule has 23 heavy (non-hydrogen) atoms. The Morgan fingerprint density at radius 1 is 1.43 bits per heavy atom. The van der Waals surface area contributed by atoms with E-state index >= 15 is 0 Å². The van der Waals surface area contributed by atoms with Crippen molar-refractivity contribution in [3.63, 3.8) is 0 Å². The molecule has 2 rings (SSSR count). The Morgan fingerprint density at radius 3 is 2.83 bits per heavy atom. The van der Waals surface area contributed by atoms with Crippen LogP contribution in [0.4, 0.5) is 0 Å². The van der Waals surface area contributed by atoms with Gasteiger partial charge in [-0.15, -0.1) is 0 Å². The minimum absolute atomic E-state index is 0.00887. The summed E-state index contributed by atoms with van der Waals surface area (Å²) in [6.45, 7) is 2.03. The number of carbonyl (C=O) groups is 2. The van der Waals surface area contributed by atoms with Gasteiger partial charge in [-0.1, -0.05) is 12.1 Å². The standard InChI is InChI=1S/C16H22N4O3/c17-15(18)13-2-1-3-14(10-13)23-9-6-19-16(22)12-4-7-20(11-21)8-5-12/h1-3,10-12H,4-9H2,(H3,17,18)(H,19,22). The van der Waals surface area contributed by atoms with Crippen LogP contribution in [0.2, 0.25) is 0 Å². The number of amides is 2. The zero-order valence-electron chi connectivity index (χ0n) is 13.0. The third kappa shape index (κ3) is 4.98. The molecular formula is C16H22N4O3. The van der Waals surface area contributed by atoms with E-state index in [0.717, 1.165) is 6.41 Å². The van der Waals surface area contributed by atoms with E-state index in [1.165, 1.54) is 0 Å². The fourth-order valence-corrected chi connectivity index (χ4v) is 2.51. The Kier molecular flexibility index (Phi) is 5.96. The molecule has 1 heterocycles. The molecule has 1 fully saturated rings. The molecule has 1 aromatic carbocycles. The topological polar surface area (TPSA) is 109 Å². The highest BCUT2D eigenvalue weighted by atomic mass is 16.5. The van der Waals surface area contributed by atoms with Gasteiger partial charge in [-0.3, -0.25) is 15.0 Å². The van der Waals surface area contributed by atoms with E-state index in [1.807, 2.05) is 0 Å². The van der Waals surface area contributed by atoms with Crippen LogP contribution in [-0.4, -0.2) is 49.3 Å². The van der Waals surface area contributed by atoms with Crippen LogP contribution in [-0.2, 0) is 9.59 Å². The number of hydrogen-bond donors (Lipinski definition) is 3. The van der Waals surface area contributed by atoms with E-state index in [9.17, 15) is 9.59 Å². The second-order valence-electron chi connectivity index (χ2n) is 5.50. The van der Waals surface area contributed by atoms with E-state index in [2.05, 4.69) is 5.32 Å². The smallest absolute Gasteiger partial charge is 0.223 e. The van der Waals surface area contributed by atoms with Gasteiger partial charge in [-0.25, -0.2) is 0 Å². The summed E-state index contributed by atoms with van der Waals surface area (Å²) in [4.78, 5) is 24.4. The normalized spacial score (nSPS) is 15.0. The Bertz CT molecular complexity index is 568. The molecule has 0 atom stereocenters. The summed E-state index contributed by atoms with van der Waals surface area (Å²) in [6.07, 6.45) is 2.23. The van der Waals surface area contributed by atoms with E-state index < -0.39 is 0 Å². The van der Waals surface area contributed by atoms with Crippen molar-refractivity contribution in [2.45, 2.75) is 12.8 Å². The van der Waals surface area contributed by atoms with Crippen molar-refractivity contribution >= 4 is 18.2 Å². The number of nitrogens with two attached hydrogens (primary N) is 1. The van der Waals surface area contributed by atoms with Gasteiger partial charge in [0.25, 0.3) is 0 Å². The summed E-state index contributed by atoms with van der Waals surface area (Å²) in [5.74, 6) is 0.584. The van der Waals surface area contributed by atoms with Crippen LogP contribution in [0.1, 0.15) is 18.4 Å². The molecule has 124 valence electrons. The third-order valence-electron chi connectivity index (χ3n) is 3.86. The monoisotopic (exact) mass is 318 g/mol. The van der Waals surface area contributed by atoms with Crippen molar-refractivity contribution in [1.29, 1.82) is 5.41 Å². The van der Waals surface area contributed by atoms with Gasteiger partial charge in [0.15, 0.2) is 0 Å². The maximum Gasteiger partial charge on any atom is 0.223 e. The minimum Gasteiger partial charge on any atom is -0.492 e. The molecule has 0 spiro atoms. The zero-order valence-corrected chi connectivity index (χ0v) is 13.0. The summed E-state index contributed by atoms with van der Waals surface area (Å²) < 4.78 is 5.55. The molecule has 0 bridgehead atoms. The highest BCUT2D eigenvalue weighted by Gasteiger charge is 2.23. The van der Waals surface area contributed by atoms with E-state index in [-0.39, 0.29) is 17.7 Å². The van der Waals surface area contributed by atoms with Crippen molar-refractivity contribution in [3.8, 4) is 5.75 Å². The Morgan fingerprint density at radius 2 is 2.17 bits per heavy atom. The van der Waals surface area contributed by atoms with E-state index in [1.54, 1.807) is 29.2 Å². The lowest BCUT2D eigenvalue weighted by atomic mass is 9.96. The zero-order chi connectivity index (χ0) is 16.7. The first-order valence-corrected chi connectivity index (χ1v) is 7.64. The Hall–Kier alpha value is -2.57. The number of carbonyl (C=O) groups excluding carboxylic acids is 2. The van der Waals surface area contributed by atoms with Gasteiger partial charge in [0.2, 0.25) is 12.3 Å². The average Bonchev–Trinajstić information content (AvgIpc) is 2.59. The molecule has 7 heteroatoms. The largest absolute Gasteiger partial charge is 0.492 e. The van der Waals surface area contributed by atoms with Crippen LogP contribution >= 0.6 is 0 Å². The minimum atomic E-state index is -0.0350. The predicted octanol–water partition coefficient (Wildman–Crippen LogP) is 0.334. The summed E-state index contributed by atoms with van der Waals surface area (Å²) in [6, 6.07) is 6.98. The van der Waals surface area contributed by atoms with Crippen LogP contribution in [0.15, 0.2) is 24.3 Å². The quantitative estimate of drug-likeness (QED) is 0.291. The van der Waals surface area contributed by atoms with E-state index in [0.29, 0.717) is 50.4 Å². The number of nitrogen functional groups attached to an aromatic ring is 1. The molecule has 0 aliphatic carbocycles. The molecule has 1 saturated heterocycles. The van der Waals surface area contributed by atoms with Gasteiger partial charge >= 0.3 is 0 Å². The van der Waals surface area contributed by atoms with Crippen molar-refractivity contribution < 1.29 is 14.3 Å². The SMILES string of the molecule is N=C(N)c1cccc(OCCNC(=O)C2CCN(C=O)CC2)c1. The number of amidine groups is 1. The lowest BCUT2D eigenvalue weighted by Gasteiger charge is -2.28. The van der Waals surface area contributed by atoms with Crippen molar-refractivity contribution in [2.75, 3.05) is 26.2 Å². The number of ether oxygens (including phenoxy) is 1. The molecule has 0 radical (unpaired) electrons. The maximum atomic E-state index is 12.0. The molecule has 4 N–H and O–H groups in total. The van der Waals surface area contributed by atoms with Crippen LogP contribution in [0.25, 0.3) is 0 Å². The third-order valence-corrected chi connectivity index (χ3v) is 3.86. The van der Waals surface area contributed by atoms with Gasteiger partial charge in [0.05, 0.1) is 6.54 Å². The number of nitrogens with one attached hydrogen (secondary N) is 2. The van der Waals surface area contributed by atoms with Gasteiger partial charge in [0, 0.05) is 24.6 Å². The molecule has 2 amide bonds. The molecule has 1 aliphatic heterocycles.